The number of hydrogen-bond donors (Lipinski definition) is 2. The molecule has 0 bridgehead atoms. The van der Waals surface area contributed by atoms with Crippen molar-refractivity contribution >= 4 is 22.7 Å². The number of fused-ring (bicyclic) bond motifs is 1. The molecule has 1 heterocycles. The number of aliphatic imine (C=N–C) groups is 1. The molecule has 1 aliphatic rings. The monoisotopic (exact) mass is 421 g/mol. The maximum Gasteiger partial charge on any atom is 0.391 e. The van der Waals surface area contributed by atoms with Gasteiger partial charge in [-0.25, -0.2) is 9.98 Å². The molecule has 5 nitrogen and oxygen atoms in total. The first-order chi connectivity index (χ1) is 14.3. The number of hydrogen-bond acceptors (Lipinski definition) is 3. The molecule has 0 spiro atoms. The molecule has 0 aliphatic heterocycles. The van der Waals surface area contributed by atoms with Gasteiger partial charge in [-0.2, -0.15) is 13.2 Å². The number of rotatable bonds is 5. The van der Waals surface area contributed by atoms with E-state index in [1.54, 1.807) is 0 Å². The smallest absolute Gasteiger partial charge is 0.363 e. The third-order valence-electron chi connectivity index (χ3n) is 5.53. The van der Waals surface area contributed by atoms with E-state index in [1.165, 1.54) is 0 Å². The van der Waals surface area contributed by atoms with Gasteiger partial charge < -0.3 is 15.5 Å². The Labute approximate surface area is 175 Å². The highest BCUT2D eigenvalue weighted by molar-refractivity contribution is 5.85. The molecule has 8 heteroatoms. The van der Waals surface area contributed by atoms with Crippen LogP contribution in [0.15, 0.2) is 35.3 Å². The summed E-state index contributed by atoms with van der Waals surface area (Å²) in [5.41, 5.74) is 1.97. The molecule has 1 aromatic carbocycles. The minimum Gasteiger partial charge on any atom is -0.363 e. The zero-order valence-electron chi connectivity index (χ0n) is 17.8. The second kappa shape index (κ2) is 9.53. The largest absolute Gasteiger partial charge is 0.391 e. The molecule has 2 N–H and O–H groups in total. The van der Waals surface area contributed by atoms with Gasteiger partial charge in [0.25, 0.3) is 0 Å². The molecule has 0 radical (unpaired) electrons. The van der Waals surface area contributed by atoms with Crippen LogP contribution in [0, 0.1) is 5.92 Å². The van der Waals surface area contributed by atoms with Crippen LogP contribution >= 0.6 is 0 Å². The maximum absolute atomic E-state index is 12.9. The van der Waals surface area contributed by atoms with E-state index in [1.807, 2.05) is 56.3 Å². The Balaban J connectivity index is 1.74. The summed E-state index contributed by atoms with van der Waals surface area (Å²) in [6.45, 7) is 3.12. The van der Waals surface area contributed by atoms with Crippen LogP contribution in [0.3, 0.4) is 0 Å². The second-order valence-electron chi connectivity index (χ2n) is 7.98. The Morgan fingerprint density at radius 2 is 1.87 bits per heavy atom. The van der Waals surface area contributed by atoms with Crippen molar-refractivity contribution in [1.29, 1.82) is 0 Å². The lowest BCUT2D eigenvalue weighted by atomic mass is 9.85. The summed E-state index contributed by atoms with van der Waals surface area (Å²) in [5.74, 6) is 0.324. The molecule has 1 aromatic heterocycles. The zero-order chi connectivity index (χ0) is 21.7. The number of guanidine groups is 1. The number of halogens is 3. The number of benzene rings is 1. The van der Waals surface area contributed by atoms with Crippen molar-refractivity contribution in [3.8, 4) is 0 Å². The maximum atomic E-state index is 12.9. The Kier molecular flexibility index (Phi) is 7.05. The lowest BCUT2D eigenvalue weighted by Gasteiger charge is -2.31. The number of anilines is 1. The van der Waals surface area contributed by atoms with Crippen LogP contribution in [-0.2, 0) is 6.54 Å². The normalized spacial score (nSPS) is 20.3. The summed E-state index contributed by atoms with van der Waals surface area (Å²) >= 11 is 0. The van der Waals surface area contributed by atoms with E-state index in [0.717, 1.165) is 22.3 Å². The lowest BCUT2D eigenvalue weighted by Crippen LogP contribution is -2.45. The SMILES string of the molecule is CCNC(=NCc1cc(N(C)C)nc2ccccc12)NC1CCC(C(F)(F)F)CC1. The van der Waals surface area contributed by atoms with Gasteiger partial charge in [0.1, 0.15) is 5.82 Å². The van der Waals surface area contributed by atoms with E-state index in [9.17, 15) is 13.2 Å². The number of aromatic nitrogens is 1. The molecule has 0 atom stereocenters. The molecule has 1 saturated carbocycles. The molecule has 3 rings (SSSR count). The van der Waals surface area contributed by atoms with E-state index in [0.29, 0.717) is 31.9 Å². The van der Waals surface area contributed by atoms with E-state index in [4.69, 9.17) is 4.99 Å². The number of alkyl halides is 3. The molecule has 164 valence electrons. The zero-order valence-corrected chi connectivity index (χ0v) is 17.8. The van der Waals surface area contributed by atoms with Gasteiger partial charge in [0, 0.05) is 32.1 Å². The highest BCUT2D eigenvalue weighted by atomic mass is 19.4. The van der Waals surface area contributed by atoms with Crippen LogP contribution in [0.4, 0.5) is 19.0 Å². The Hall–Kier alpha value is -2.51. The summed E-state index contributed by atoms with van der Waals surface area (Å²) < 4.78 is 38.7. The lowest BCUT2D eigenvalue weighted by molar-refractivity contribution is -0.182. The summed E-state index contributed by atoms with van der Waals surface area (Å²) in [6, 6.07) is 10.0. The van der Waals surface area contributed by atoms with Crippen LogP contribution < -0.4 is 15.5 Å². The second-order valence-corrected chi connectivity index (χ2v) is 7.98. The Morgan fingerprint density at radius 3 is 2.50 bits per heavy atom. The van der Waals surface area contributed by atoms with Gasteiger partial charge in [0.2, 0.25) is 0 Å². The average molecular weight is 422 g/mol. The molecule has 30 heavy (non-hydrogen) atoms. The number of pyridine rings is 1. The van der Waals surface area contributed by atoms with Gasteiger partial charge in [-0.3, -0.25) is 0 Å². The van der Waals surface area contributed by atoms with Gasteiger partial charge in [-0.1, -0.05) is 18.2 Å². The van der Waals surface area contributed by atoms with Crippen molar-refractivity contribution in [2.75, 3.05) is 25.5 Å². The van der Waals surface area contributed by atoms with E-state index >= 15 is 0 Å². The van der Waals surface area contributed by atoms with E-state index in [2.05, 4.69) is 15.6 Å². The fraction of sp³-hybridized carbons (Fsp3) is 0.545. The standard InChI is InChI=1S/C22H30F3N5/c1-4-26-21(28-17-11-9-16(10-12-17)22(23,24)25)27-14-15-13-20(30(2)3)29-19-8-6-5-7-18(15)19/h5-8,13,16-17H,4,9-12,14H2,1-3H3,(H2,26,27,28). The predicted molar refractivity (Wildman–Crippen MR) is 116 cm³/mol. The average Bonchev–Trinajstić information content (AvgIpc) is 2.71. The molecule has 0 amide bonds. The Bertz CT molecular complexity index is 871. The summed E-state index contributed by atoms with van der Waals surface area (Å²) in [5, 5.41) is 7.60. The minimum absolute atomic E-state index is 0.00733. The van der Waals surface area contributed by atoms with Crippen molar-refractivity contribution in [2.45, 2.75) is 51.4 Å². The topological polar surface area (TPSA) is 52.6 Å². The van der Waals surface area contributed by atoms with Gasteiger partial charge >= 0.3 is 6.18 Å². The van der Waals surface area contributed by atoms with Gasteiger partial charge in [-0.15, -0.1) is 0 Å². The van der Waals surface area contributed by atoms with Crippen LogP contribution in [0.2, 0.25) is 0 Å². The third-order valence-corrected chi connectivity index (χ3v) is 5.53. The number of nitrogens with one attached hydrogen (secondary N) is 2. The van der Waals surface area contributed by atoms with Crippen LogP contribution in [0.25, 0.3) is 10.9 Å². The molecular weight excluding hydrogens is 391 g/mol. The van der Waals surface area contributed by atoms with Crippen molar-refractivity contribution in [2.24, 2.45) is 10.9 Å². The molecule has 0 unspecified atom stereocenters. The summed E-state index contributed by atoms with van der Waals surface area (Å²) in [7, 11) is 3.90. The van der Waals surface area contributed by atoms with E-state index < -0.39 is 12.1 Å². The number of nitrogens with zero attached hydrogens (tertiary/aromatic N) is 3. The number of para-hydroxylation sites is 1. The van der Waals surface area contributed by atoms with E-state index in [-0.39, 0.29) is 18.9 Å². The minimum atomic E-state index is -4.09. The molecule has 1 fully saturated rings. The van der Waals surface area contributed by atoms with Crippen LogP contribution in [-0.4, -0.2) is 43.8 Å². The Morgan fingerprint density at radius 1 is 1.17 bits per heavy atom. The highest BCUT2D eigenvalue weighted by Crippen LogP contribution is 2.37. The predicted octanol–water partition coefficient (Wildman–Crippen LogP) is 4.48. The van der Waals surface area contributed by atoms with Crippen molar-refractivity contribution in [3.05, 3.63) is 35.9 Å². The van der Waals surface area contributed by atoms with Gasteiger partial charge in [-0.05, 0) is 50.3 Å². The molecular formula is C22H30F3N5. The molecule has 0 saturated heterocycles. The van der Waals surface area contributed by atoms with Crippen molar-refractivity contribution < 1.29 is 13.2 Å². The molecule has 1 aliphatic carbocycles. The third kappa shape index (κ3) is 5.55. The van der Waals surface area contributed by atoms with Crippen LogP contribution in [0.5, 0.6) is 0 Å². The first kappa shape index (κ1) is 22.2. The van der Waals surface area contributed by atoms with Crippen molar-refractivity contribution in [1.82, 2.24) is 15.6 Å². The summed E-state index contributed by atoms with van der Waals surface area (Å²) in [4.78, 5) is 11.4. The first-order valence-corrected chi connectivity index (χ1v) is 10.5. The van der Waals surface area contributed by atoms with Gasteiger partial charge in [0.05, 0.1) is 18.0 Å². The van der Waals surface area contributed by atoms with Crippen molar-refractivity contribution in [3.63, 3.8) is 0 Å². The first-order valence-electron chi connectivity index (χ1n) is 10.5. The molecule has 2 aromatic rings. The summed E-state index contributed by atoms with van der Waals surface area (Å²) in [6.07, 6.45) is -2.76. The quantitative estimate of drug-likeness (QED) is 0.552. The van der Waals surface area contributed by atoms with Gasteiger partial charge in [0.15, 0.2) is 5.96 Å². The fourth-order valence-electron chi connectivity index (χ4n) is 3.83. The highest BCUT2D eigenvalue weighted by Gasteiger charge is 2.41. The fourth-order valence-corrected chi connectivity index (χ4v) is 3.83. The van der Waals surface area contributed by atoms with Crippen LogP contribution in [0.1, 0.15) is 38.2 Å².